The highest BCUT2D eigenvalue weighted by Gasteiger charge is 2.54. The third kappa shape index (κ3) is 3.84. The number of anilines is 2. The van der Waals surface area contributed by atoms with Crippen molar-refractivity contribution < 1.29 is 20.1 Å². The minimum Gasteiger partial charge on any atom is -0.394 e. The molecule has 4 unspecified atom stereocenters. The minimum atomic E-state index is -1.79. The highest BCUT2D eigenvalue weighted by atomic mass is 16.6. The van der Waals surface area contributed by atoms with Gasteiger partial charge in [0.2, 0.25) is 0 Å². The van der Waals surface area contributed by atoms with E-state index in [1.54, 1.807) is 0 Å². The summed E-state index contributed by atoms with van der Waals surface area (Å²) in [6.07, 6.45) is -2.30. The molecule has 6 N–H and O–H groups in total. The lowest BCUT2D eigenvalue weighted by Crippen LogP contribution is -2.44. The number of hydrogen-bond acceptors (Lipinski definition) is 9. The molecule has 0 aliphatic carbocycles. The number of rotatable bonds is 6. The Balaban J connectivity index is 1.54. The topological polar surface area (TPSA) is 162 Å². The van der Waals surface area contributed by atoms with E-state index in [2.05, 4.69) is 21.4 Å². The van der Waals surface area contributed by atoms with Crippen molar-refractivity contribution in [3.8, 4) is 17.2 Å². The van der Waals surface area contributed by atoms with Crippen LogP contribution in [0.25, 0.3) is 22.2 Å². The average Bonchev–Trinajstić information content (AvgIpc) is 3.33. The standard InChI is InChI=1S/C26H26N6O4/c1-26(35)21(34)19(13-33)36-25(26)32-23(18(11-27)20-22(28)30-14-31-24(20)32)29-12-15-7-9-17(10-8-15)16-5-3-2-4-6-16/h2-10,14,19,21,25,29,33-35H,12-13H2,1H3,(H2,28,30,31). The maximum atomic E-state index is 11.1. The van der Waals surface area contributed by atoms with Crippen LogP contribution in [0.4, 0.5) is 11.6 Å². The molecule has 1 saturated heterocycles. The van der Waals surface area contributed by atoms with E-state index in [-0.39, 0.29) is 17.0 Å². The minimum absolute atomic E-state index is 0.0995. The van der Waals surface area contributed by atoms with Crippen LogP contribution in [0, 0.1) is 11.3 Å². The molecule has 36 heavy (non-hydrogen) atoms. The molecule has 4 atom stereocenters. The summed E-state index contributed by atoms with van der Waals surface area (Å²) in [5.41, 5.74) is 7.89. The summed E-state index contributed by atoms with van der Waals surface area (Å²) < 4.78 is 7.35. The summed E-state index contributed by atoms with van der Waals surface area (Å²) in [5.74, 6) is 0.408. The number of nitriles is 1. The normalized spacial score (nSPS) is 23.6. The quantitative estimate of drug-likeness (QED) is 0.275. The fourth-order valence-corrected chi connectivity index (χ4v) is 4.66. The Morgan fingerprint density at radius 3 is 2.47 bits per heavy atom. The Morgan fingerprint density at radius 1 is 1.14 bits per heavy atom. The number of nitrogens with zero attached hydrogens (tertiary/aromatic N) is 4. The van der Waals surface area contributed by atoms with Gasteiger partial charge in [0.15, 0.2) is 11.9 Å². The molecule has 1 fully saturated rings. The first kappa shape index (κ1) is 23.7. The van der Waals surface area contributed by atoms with Crippen LogP contribution >= 0.6 is 0 Å². The fourth-order valence-electron chi connectivity index (χ4n) is 4.66. The molecule has 10 nitrogen and oxygen atoms in total. The number of aliphatic hydroxyl groups is 3. The second-order valence-electron chi connectivity index (χ2n) is 8.96. The van der Waals surface area contributed by atoms with Crippen molar-refractivity contribution >= 4 is 22.7 Å². The van der Waals surface area contributed by atoms with E-state index in [9.17, 15) is 20.6 Å². The van der Waals surface area contributed by atoms with Crippen LogP contribution in [0.1, 0.15) is 24.3 Å². The van der Waals surface area contributed by atoms with Gasteiger partial charge in [-0.25, -0.2) is 9.97 Å². The van der Waals surface area contributed by atoms with Gasteiger partial charge in [-0.1, -0.05) is 54.6 Å². The van der Waals surface area contributed by atoms with Gasteiger partial charge in [-0.05, 0) is 23.6 Å². The van der Waals surface area contributed by atoms with Crippen molar-refractivity contribution in [2.75, 3.05) is 17.7 Å². The largest absolute Gasteiger partial charge is 0.394 e. The lowest BCUT2D eigenvalue weighted by atomic mass is 9.96. The SMILES string of the molecule is CC1(O)C(O)C(CO)OC1n1c(NCc2ccc(-c3ccccc3)cc2)c(C#N)c2c(N)ncnc21. The number of benzene rings is 2. The van der Waals surface area contributed by atoms with Gasteiger partial charge in [0.05, 0.1) is 12.0 Å². The molecule has 0 bridgehead atoms. The van der Waals surface area contributed by atoms with Gasteiger partial charge < -0.3 is 31.1 Å². The molecule has 2 aromatic heterocycles. The molecule has 10 heteroatoms. The first-order valence-corrected chi connectivity index (χ1v) is 11.5. The van der Waals surface area contributed by atoms with Crippen molar-refractivity contribution in [1.82, 2.24) is 14.5 Å². The van der Waals surface area contributed by atoms with Gasteiger partial charge in [0.25, 0.3) is 0 Å². The predicted octanol–water partition coefficient (Wildman–Crippen LogP) is 2.17. The van der Waals surface area contributed by atoms with Gasteiger partial charge in [-0.3, -0.25) is 4.57 Å². The maximum Gasteiger partial charge on any atom is 0.168 e. The lowest BCUT2D eigenvalue weighted by Gasteiger charge is -2.29. The van der Waals surface area contributed by atoms with Crippen molar-refractivity contribution in [2.24, 2.45) is 0 Å². The van der Waals surface area contributed by atoms with Crippen molar-refractivity contribution in [1.29, 1.82) is 5.26 Å². The summed E-state index contributed by atoms with van der Waals surface area (Å²) in [5, 5.41) is 45.0. The van der Waals surface area contributed by atoms with E-state index < -0.39 is 30.6 Å². The molecule has 184 valence electrons. The zero-order valence-corrected chi connectivity index (χ0v) is 19.5. The van der Waals surface area contributed by atoms with Crippen LogP contribution < -0.4 is 11.1 Å². The number of aromatic nitrogens is 3. The van der Waals surface area contributed by atoms with E-state index in [1.807, 2.05) is 54.6 Å². The third-order valence-electron chi connectivity index (χ3n) is 6.61. The van der Waals surface area contributed by atoms with Gasteiger partial charge in [0, 0.05) is 6.54 Å². The Kier molecular flexibility index (Phi) is 6.07. The molecule has 2 aromatic carbocycles. The fraction of sp³-hybridized carbons (Fsp3) is 0.269. The summed E-state index contributed by atoms with van der Waals surface area (Å²) in [6.45, 7) is 1.26. The van der Waals surface area contributed by atoms with E-state index in [0.29, 0.717) is 17.7 Å². The maximum absolute atomic E-state index is 11.1. The molecular formula is C26H26N6O4. The number of fused-ring (bicyclic) bond motifs is 1. The Bertz CT molecular complexity index is 1430. The molecule has 1 aliphatic heterocycles. The number of nitrogens with two attached hydrogens (primary N) is 1. The Labute approximate surface area is 207 Å². The Hall–Kier alpha value is -4.01. The zero-order valence-electron chi connectivity index (χ0n) is 19.5. The summed E-state index contributed by atoms with van der Waals surface area (Å²) >= 11 is 0. The van der Waals surface area contributed by atoms with Crippen molar-refractivity contribution in [3.05, 3.63) is 72.1 Å². The monoisotopic (exact) mass is 486 g/mol. The lowest BCUT2D eigenvalue weighted by molar-refractivity contribution is -0.0939. The molecule has 5 rings (SSSR count). The first-order chi connectivity index (χ1) is 17.4. The van der Waals surface area contributed by atoms with Crippen LogP contribution in [0.2, 0.25) is 0 Å². The third-order valence-corrected chi connectivity index (χ3v) is 6.61. The molecule has 3 heterocycles. The highest BCUT2D eigenvalue weighted by molar-refractivity contribution is 5.97. The van der Waals surface area contributed by atoms with E-state index in [1.165, 1.54) is 17.8 Å². The molecular weight excluding hydrogens is 460 g/mol. The van der Waals surface area contributed by atoms with Crippen LogP contribution in [0.5, 0.6) is 0 Å². The zero-order chi connectivity index (χ0) is 25.4. The number of ether oxygens (including phenoxy) is 1. The molecule has 0 radical (unpaired) electrons. The van der Waals surface area contributed by atoms with Gasteiger partial charge in [-0.2, -0.15) is 5.26 Å². The van der Waals surface area contributed by atoms with Crippen molar-refractivity contribution in [3.63, 3.8) is 0 Å². The van der Waals surface area contributed by atoms with Gasteiger partial charge in [-0.15, -0.1) is 0 Å². The summed E-state index contributed by atoms with van der Waals surface area (Å²) in [6, 6.07) is 20.2. The van der Waals surface area contributed by atoms with Crippen LogP contribution in [0.3, 0.4) is 0 Å². The molecule has 0 amide bonds. The van der Waals surface area contributed by atoms with E-state index in [4.69, 9.17) is 10.5 Å². The second-order valence-corrected chi connectivity index (χ2v) is 8.96. The van der Waals surface area contributed by atoms with E-state index in [0.717, 1.165) is 16.7 Å². The average molecular weight is 487 g/mol. The highest BCUT2D eigenvalue weighted by Crippen LogP contribution is 2.44. The first-order valence-electron chi connectivity index (χ1n) is 11.5. The predicted molar refractivity (Wildman–Crippen MR) is 133 cm³/mol. The molecule has 4 aromatic rings. The smallest absolute Gasteiger partial charge is 0.168 e. The number of aliphatic hydroxyl groups excluding tert-OH is 2. The Morgan fingerprint density at radius 2 is 1.83 bits per heavy atom. The summed E-state index contributed by atoms with van der Waals surface area (Å²) in [4.78, 5) is 8.32. The number of hydrogen-bond donors (Lipinski definition) is 5. The van der Waals surface area contributed by atoms with Crippen LogP contribution in [0.15, 0.2) is 60.9 Å². The van der Waals surface area contributed by atoms with Crippen LogP contribution in [-0.4, -0.2) is 54.3 Å². The van der Waals surface area contributed by atoms with E-state index >= 15 is 0 Å². The van der Waals surface area contributed by atoms with Crippen molar-refractivity contribution in [2.45, 2.75) is 37.5 Å². The number of nitrogens with one attached hydrogen (secondary N) is 1. The second kappa shape index (κ2) is 9.22. The molecule has 0 spiro atoms. The van der Waals surface area contributed by atoms with Gasteiger partial charge in [0.1, 0.15) is 47.4 Å². The van der Waals surface area contributed by atoms with Crippen LogP contribution in [-0.2, 0) is 11.3 Å². The molecule has 0 saturated carbocycles. The summed E-state index contributed by atoms with van der Waals surface area (Å²) in [7, 11) is 0. The number of nitrogen functional groups attached to an aromatic ring is 1. The molecule has 1 aliphatic rings. The van der Waals surface area contributed by atoms with Gasteiger partial charge >= 0.3 is 0 Å².